The van der Waals surface area contributed by atoms with Gasteiger partial charge in [0.1, 0.15) is 5.54 Å². The van der Waals surface area contributed by atoms with Crippen molar-refractivity contribution in [2.75, 3.05) is 13.1 Å². The molecule has 0 atom stereocenters. The summed E-state index contributed by atoms with van der Waals surface area (Å²) in [6.07, 6.45) is 5.51. The Bertz CT molecular complexity index is 230. The van der Waals surface area contributed by atoms with Crippen molar-refractivity contribution in [2.24, 2.45) is 11.8 Å². The summed E-state index contributed by atoms with van der Waals surface area (Å²) in [5.41, 5.74) is -0.259. The van der Waals surface area contributed by atoms with E-state index < -0.39 is 0 Å². The van der Waals surface area contributed by atoms with Gasteiger partial charge in [-0.3, -0.25) is 4.90 Å². The van der Waals surface area contributed by atoms with Gasteiger partial charge in [-0.05, 0) is 51.4 Å². The van der Waals surface area contributed by atoms with E-state index in [9.17, 15) is 0 Å². The van der Waals surface area contributed by atoms with Crippen LogP contribution < -0.4 is 0 Å². The van der Waals surface area contributed by atoms with Crippen molar-refractivity contribution in [2.45, 2.75) is 45.1 Å². The van der Waals surface area contributed by atoms with Crippen molar-refractivity contribution in [3.63, 3.8) is 0 Å². The summed E-state index contributed by atoms with van der Waals surface area (Å²) in [6.45, 7) is 6.41. The second-order valence-electron chi connectivity index (χ2n) is 5.46. The molecule has 0 heterocycles. The zero-order valence-corrected chi connectivity index (χ0v) is 9.29. The van der Waals surface area contributed by atoms with Crippen LogP contribution in [0.2, 0.25) is 0 Å². The summed E-state index contributed by atoms with van der Waals surface area (Å²) >= 11 is 0. The van der Waals surface area contributed by atoms with E-state index in [-0.39, 0.29) is 5.54 Å². The van der Waals surface area contributed by atoms with Crippen molar-refractivity contribution in [3.05, 3.63) is 0 Å². The van der Waals surface area contributed by atoms with E-state index in [1.165, 1.54) is 25.7 Å². The summed E-state index contributed by atoms with van der Waals surface area (Å²) in [7, 11) is 0. The van der Waals surface area contributed by atoms with Crippen LogP contribution in [0.1, 0.15) is 39.5 Å². The lowest BCUT2D eigenvalue weighted by Gasteiger charge is -2.33. The third-order valence-corrected chi connectivity index (χ3v) is 3.42. The highest BCUT2D eigenvalue weighted by Crippen LogP contribution is 2.36. The second-order valence-corrected chi connectivity index (χ2v) is 5.46. The standard InChI is InChI=1S/C12H20N2/c1-12(2,9-13)14(7-10-3-4-10)8-11-5-6-11/h10-11H,3-8H2,1-2H3. The lowest BCUT2D eigenvalue weighted by molar-refractivity contribution is 0.153. The Hall–Kier alpha value is -0.550. The molecule has 78 valence electrons. The van der Waals surface area contributed by atoms with Crippen molar-refractivity contribution < 1.29 is 0 Å². The number of hydrogen-bond acceptors (Lipinski definition) is 2. The Kier molecular flexibility index (Phi) is 2.53. The van der Waals surface area contributed by atoms with Gasteiger partial charge in [0.15, 0.2) is 0 Å². The molecule has 0 aromatic heterocycles. The van der Waals surface area contributed by atoms with Crippen LogP contribution in [-0.2, 0) is 0 Å². The van der Waals surface area contributed by atoms with Gasteiger partial charge < -0.3 is 0 Å². The minimum atomic E-state index is -0.259. The molecule has 0 aromatic carbocycles. The maximum Gasteiger partial charge on any atom is 0.103 e. The van der Waals surface area contributed by atoms with Crippen molar-refractivity contribution >= 4 is 0 Å². The summed E-state index contributed by atoms with van der Waals surface area (Å²) in [4.78, 5) is 2.41. The average Bonchev–Trinajstić information content (AvgIpc) is 2.96. The lowest BCUT2D eigenvalue weighted by atomic mass is 10.0. The minimum absolute atomic E-state index is 0.259. The van der Waals surface area contributed by atoms with Gasteiger partial charge in [-0.2, -0.15) is 5.26 Å². The van der Waals surface area contributed by atoms with Crippen LogP contribution in [0.3, 0.4) is 0 Å². The van der Waals surface area contributed by atoms with Crippen LogP contribution in [0.4, 0.5) is 0 Å². The predicted octanol–water partition coefficient (Wildman–Crippen LogP) is 2.41. The van der Waals surface area contributed by atoms with E-state index in [2.05, 4.69) is 24.8 Å². The maximum atomic E-state index is 9.14. The third-order valence-electron chi connectivity index (χ3n) is 3.42. The van der Waals surface area contributed by atoms with Crippen LogP contribution in [0, 0.1) is 23.2 Å². The highest BCUT2D eigenvalue weighted by Gasteiger charge is 2.36. The van der Waals surface area contributed by atoms with E-state index in [4.69, 9.17) is 5.26 Å². The molecule has 2 saturated carbocycles. The van der Waals surface area contributed by atoms with Crippen molar-refractivity contribution in [3.8, 4) is 6.07 Å². The molecule has 2 fully saturated rings. The number of rotatable bonds is 5. The molecule has 0 amide bonds. The summed E-state index contributed by atoms with van der Waals surface area (Å²) in [6, 6.07) is 2.43. The largest absolute Gasteiger partial charge is 0.285 e. The van der Waals surface area contributed by atoms with E-state index in [1.54, 1.807) is 0 Å². The lowest BCUT2D eigenvalue weighted by Crippen LogP contribution is -2.45. The highest BCUT2D eigenvalue weighted by molar-refractivity contribution is 5.03. The molecule has 2 aliphatic rings. The van der Waals surface area contributed by atoms with Gasteiger partial charge in [0.25, 0.3) is 0 Å². The molecule has 2 aliphatic carbocycles. The minimum Gasteiger partial charge on any atom is -0.285 e. The van der Waals surface area contributed by atoms with Crippen molar-refractivity contribution in [1.29, 1.82) is 5.26 Å². The Balaban J connectivity index is 1.92. The van der Waals surface area contributed by atoms with E-state index >= 15 is 0 Å². The number of hydrogen-bond donors (Lipinski definition) is 0. The monoisotopic (exact) mass is 192 g/mol. The van der Waals surface area contributed by atoms with Crippen LogP contribution in [-0.4, -0.2) is 23.5 Å². The van der Waals surface area contributed by atoms with Gasteiger partial charge in [-0.25, -0.2) is 0 Å². The molecule has 2 heteroatoms. The quantitative estimate of drug-likeness (QED) is 0.669. The molecule has 0 aromatic rings. The molecule has 0 bridgehead atoms. The van der Waals surface area contributed by atoms with Crippen LogP contribution in [0.5, 0.6) is 0 Å². The zero-order chi connectivity index (χ0) is 10.2. The van der Waals surface area contributed by atoms with Crippen molar-refractivity contribution in [1.82, 2.24) is 4.90 Å². The van der Waals surface area contributed by atoms with E-state index in [1.807, 2.05) is 0 Å². The highest BCUT2D eigenvalue weighted by atomic mass is 15.2. The Morgan fingerprint density at radius 2 is 1.57 bits per heavy atom. The Labute approximate surface area is 86.9 Å². The van der Waals surface area contributed by atoms with Gasteiger partial charge >= 0.3 is 0 Å². The fourth-order valence-corrected chi connectivity index (χ4v) is 1.83. The zero-order valence-electron chi connectivity index (χ0n) is 9.29. The first-order chi connectivity index (χ1) is 6.62. The number of nitrogens with zero attached hydrogens (tertiary/aromatic N) is 2. The molecule has 2 nitrogen and oxygen atoms in total. The molecule has 0 saturated heterocycles. The van der Waals surface area contributed by atoms with Gasteiger partial charge in [-0.1, -0.05) is 0 Å². The first-order valence-electron chi connectivity index (χ1n) is 5.78. The van der Waals surface area contributed by atoms with Crippen LogP contribution in [0.25, 0.3) is 0 Å². The Morgan fingerprint density at radius 1 is 1.14 bits per heavy atom. The molecular weight excluding hydrogens is 172 g/mol. The SMILES string of the molecule is CC(C)(C#N)N(CC1CC1)CC1CC1. The van der Waals surface area contributed by atoms with Gasteiger partial charge in [0.2, 0.25) is 0 Å². The molecule has 0 unspecified atom stereocenters. The molecule has 2 rings (SSSR count). The smallest absolute Gasteiger partial charge is 0.103 e. The van der Waals surface area contributed by atoms with Crippen LogP contribution >= 0.6 is 0 Å². The fourth-order valence-electron chi connectivity index (χ4n) is 1.83. The summed E-state index contributed by atoms with van der Waals surface area (Å²) < 4.78 is 0. The molecule has 14 heavy (non-hydrogen) atoms. The molecular formula is C12H20N2. The molecule has 0 radical (unpaired) electrons. The first-order valence-corrected chi connectivity index (χ1v) is 5.78. The van der Waals surface area contributed by atoms with Crippen LogP contribution in [0.15, 0.2) is 0 Å². The maximum absolute atomic E-state index is 9.14. The molecule has 0 spiro atoms. The normalized spacial score (nSPS) is 22.4. The van der Waals surface area contributed by atoms with E-state index in [0.717, 1.165) is 24.9 Å². The summed E-state index contributed by atoms with van der Waals surface area (Å²) in [5, 5.41) is 9.14. The van der Waals surface area contributed by atoms with Gasteiger partial charge in [0, 0.05) is 13.1 Å². The predicted molar refractivity (Wildman–Crippen MR) is 56.7 cm³/mol. The topological polar surface area (TPSA) is 27.0 Å². The third kappa shape index (κ3) is 2.48. The first kappa shape index (κ1) is 9.98. The molecule has 0 aliphatic heterocycles. The Morgan fingerprint density at radius 3 is 1.86 bits per heavy atom. The fraction of sp³-hybridized carbons (Fsp3) is 0.917. The average molecular weight is 192 g/mol. The van der Waals surface area contributed by atoms with Gasteiger partial charge in [0.05, 0.1) is 6.07 Å². The molecule has 0 N–H and O–H groups in total. The van der Waals surface area contributed by atoms with Gasteiger partial charge in [-0.15, -0.1) is 0 Å². The summed E-state index contributed by atoms with van der Waals surface area (Å²) in [5.74, 6) is 1.78. The van der Waals surface area contributed by atoms with E-state index in [0.29, 0.717) is 0 Å². The second kappa shape index (κ2) is 3.55. The number of nitriles is 1.